The number of rotatable bonds is 3. The summed E-state index contributed by atoms with van der Waals surface area (Å²) >= 11 is 9.26. The second-order valence-electron chi connectivity index (χ2n) is 4.97. The summed E-state index contributed by atoms with van der Waals surface area (Å²) in [4.78, 5) is 19.0. The van der Waals surface area contributed by atoms with Gasteiger partial charge in [0.2, 0.25) is 0 Å². The molecule has 1 atom stereocenters. The van der Waals surface area contributed by atoms with E-state index < -0.39 is 0 Å². The number of nitrogens with zero attached hydrogens (tertiary/aromatic N) is 2. The smallest absolute Gasteiger partial charge is 0.273 e. The maximum atomic E-state index is 12.8. The minimum absolute atomic E-state index is 0. The van der Waals surface area contributed by atoms with E-state index in [0.29, 0.717) is 17.3 Å². The summed E-state index contributed by atoms with van der Waals surface area (Å²) in [6.07, 6.45) is 0. The van der Waals surface area contributed by atoms with Crippen LogP contribution in [0.4, 0.5) is 0 Å². The van der Waals surface area contributed by atoms with Crippen molar-refractivity contribution in [3.05, 3.63) is 50.9 Å². The number of hydrogen-bond acceptors (Lipinski definition) is 5. The highest BCUT2D eigenvalue weighted by Gasteiger charge is 2.30. The number of nitrogens with two attached hydrogens (primary N) is 1. The Balaban J connectivity index is 0.00000192. The van der Waals surface area contributed by atoms with Gasteiger partial charge in [-0.2, -0.15) is 11.8 Å². The number of amides is 1. The van der Waals surface area contributed by atoms with Crippen molar-refractivity contribution < 1.29 is 4.79 Å². The minimum Gasteiger partial charge on any atom is -0.329 e. The first-order valence-electron chi connectivity index (χ1n) is 6.97. The zero-order chi connectivity index (χ0) is 15.5. The van der Waals surface area contributed by atoms with Crippen molar-refractivity contribution in [3.8, 4) is 0 Å². The van der Waals surface area contributed by atoms with E-state index in [-0.39, 0.29) is 24.4 Å². The van der Waals surface area contributed by atoms with Crippen molar-refractivity contribution in [2.45, 2.75) is 12.6 Å². The molecule has 0 aliphatic carbocycles. The lowest BCUT2D eigenvalue weighted by atomic mass is 10.1. The molecule has 23 heavy (non-hydrogen) atoms. The number of thiazole rings is 1. The molecule has 1 aliphatic rings. The van der Waals surface area contributed by atoms with Gasteiger partial charge in [0.15, 0.2) is 0 Å². The van der Waals surface area contributed by atoms with E-state index in [1.807, 2.05) is 40.9 Å². The van der Waals surface area contributed by atoms with Crippen molar-refractivity contribution in [2.75, 3.05) is 18.1 Å². The van der Waals surface area contributed by atoms with Gasteiger partial charge in [-0.3, -0.25) is 4.79 Å². The zero-order valence-electron chi connectivity index (χ0n) is 12.3. The largest absolute Gasteiger partial charge is 0.329 e. The van der Waals surface area contributed by atoms with E-state index in [1.165, 1.54) is 11.3 Å². The van der Waals surface area contributed by atoms with Crippen LogP contribution in [0.3, 0.4) is 0 Å². The third kappa shape index (κ3) is 4.19. The Morgan fingerprint density at radius 2 is 2.13 bits per heavy atom. The van der Waals surface area contributed by atoms with Crippen LogP contribution in [-0.2, 0) is 6.54 Å². The number of aromatic nitrogens is 1. The van der Waals surface area contributed by atoms with E-state index in [2.05, 4.69) is 4.98 Å². The molecule has 1 fully saturated rings. The number of carbonyl (C=O) groups is 1. The molecule has 1 aromatic carbocycles. The van der Waals surface area contributed by atoms with Crippen LogP contribution < -0.4 is 5.73 Å². The second kappa shape index (κ2) is 8.35. The summed E-state index contributed by atoms with van der Waals surface area (Å²) < 4.78 is 0. The number of halogens is 2. The highest BCUT2D eigenvalue weighted by molar-refractivity contribution is 7.99. The van der Waals surface area contributed by atoms with E-state index in [4.69, 9.17) is 17.3 Å². The Morgan fingerprint density at radius 3 is 2.78 bits per heavy atom. The summed E-state index contributed by atoms with van der Waals surface area (Å²) in [7, 11) is 0. The van der Waals surface area contributed by atoms with Gasteiger partial charge in [0.05, 0.1) is 6.04 Å². The van der Waals surface area contributed by atoms with Crippen molar-refractivity contribution in [2.24, 2.45) is 5.73 Å². The second-order valence-corrected chi connectivity index (χ2v) is 7.50. The predicted octanol–water partition coefficient (Wildman–Crippen LogP) is 3.61. The van der Waals surface area contributed by atoms with Crippen LogP contribution in [0.15, 0.2) is 29.6 Å². The minimum atomic E-state index is -0.0174. The van der Waals surface area contributed by atoms with E-state index in [9.17, 15) is 4.79 Å². The molecule has 4 nitrogen and oxygen atoms in total. The van der Waals surface area contributed by atoms with Gasteiger partial charge < -0.3 is 10.6 Å². The molecule has 0 spiro atoms. The number of carbonyl (C=O) groups excluding carboxylic acids is 1. The fourth-order valence-corrected chi connectivity index (χ4v) is 4.32. The predicted molar refractivity (Wildman–Crippen MR) is 99.8 cm³/mol. The van der Waals surface area contributed by atoms with E-state index in [1.54, 1.807) is 5.38 Å². The standard InChI is InChI=1S/C15H16ClN3OS2.ClH/c16-11-3-1-10(2-4-11)13-9-21-6-5-19(13)15(20)12-8-22-14(7-17)18-12;/h1-4,8,13H,5-7,9,17H2;1H. The Labute approximate surface area is 154 Å². The average Bonchev–Trinajstić information content (AvgIpc) is 3.04. The maximum Gasteiger partial charge on any atom is 0.273 e. The summed E-state index contributed by atoms with van der Waals surface area (Å²) in [6.45, 7) is 1.10. The average molecular weight is 390 g/mol. The molecule has 0 radical (unpaired) electrons. The molecule has 124 valence electrons. The van der Waals surface area contributed by atoms with Crippen LogP contribution in [0.25, 0.3) is 0 Å². The molecule has 1 aliphatic heterocycles. The molecule has 2 N–H and O–H groups in total. The van der Waals surface area contributed by atoms with Crippen molar-refractivity contribution in [3.63, 3.8) is 0 Å². The molecule has 3 rings (SSSR count). The normalized spacial score (nSPS) is 17.7. The van der Waals surface area contributed by atoms with Crippen LogP contribution >= 0.6 is 47.1 Å². The number of benzene rings is 1. The van der Waals surface area contributed by atoms with Crippen LogP contribution in [0.5, 0.6) is 0 Å². The molecule has 0 saturated carbocycles. The van der Waals surface area contributed by atoms with Gasteiger partial charge >= 0.3 is 0 Å². The first kappa shape index (κ1) is 18.5. The quantitative estimate of drug-likeness (QED) is 0.870. The first-order chi connectivity index (χ1) is 10.7. The molecule has 2 heterocycles. The lowest BCUT2D eigenvalue weighted by molar-refractivity contribution is 0.0696. The molecule has 2 aromatic rings. The molecule has 8 heteroatoms. The van der Waals surface area contributed by atoms with Gasteiger partial charge in [-0.1, -0.05) is 23.7 Å². The number of thioether (sulfide) groups is 1. The van der Waals surface area contributed by atoms with Crippen LogP contribution in [-0.4, -0.2) is 33.8 Å². The highest BCUT2D eigenvalue weighted by atomic mass is 35.5. The number of hydrogen-bond donors (Lipinski definition) is 1. The maximum absolute atomic E-state index is 12.8. The van der Waals surface area contributed by atoms with Gasteiger partial charge in [-0.25, -0.2) is 4.98 Å². The molecule has 1 unspecified atom stereocenters. The molecule has 1 saturated heterocycles. The Bertz CT molecular complexity index is 663. The van der Waals surface area contributed by atoms with E-state index in [0.717, 1.165) is 28.6 Å². The molecular weight excluding hydrogens is 373 g/mol. The zero-order valence-corrected chi connectivity index (χ0v) is 15.5. The fraction of sp³-hybridized carbons (Fsp3) is 0.333. The third-order valence-corrected chi connectivity index (χ3v) is 5.74. The van der Waals surface area contributed by atoms with Crippen molar-refractivity contribution >= 4 is 53.0 Å². The molecule has 1 aromatic heterocycles. The van der Waals surface area contributed by atoms with Gasteiger partial charge in [0.1, 0.15) is 10.7 Å². The summed E-state index contributed by atoms with van der Waals surface area (Å²) in [6, 6.07) is 7.78. The Hall–Kier alpha value is -0.790. The summed E-state index contributed by atoms with van der Waals surface area (Å²) in [5.41, 5.74) is 7.19. The topological polar surface area (TPSA) is 59.2 Å². The third-order valence-electron chi connectivity index (χ3n) is 3.59. The highest BCUT2D eigenvalue weighted by Crippen LogP contribution is 2.31. The Kier molecular flexibility index (Phi) is 6.73. The van der Waals surface area contributed by atoms with Crippen LogP contribution in [0.1, 0.15) is 27.1 Å². The molecule has 1 amide bonds. The fourth-order valence-electron chi connectivity index (χ4n) is 2.46. The van der Waals surface area contributed by atoms with Gasteiger partial charge in [0, 0.05) is 35.0 Å². The lowest BCUT2D eigenvalue weighted by Gasteiger charge is -2.35. The van der Waals surface area contributed by atoms with Crippen LogP contribution in [0.2, 0.25) is 5.02 Å². The van der Waals surface area contributed by atoms with Gasteiger partial charge in [-0.15, -0.1) is 23.7 Å². The van der Waals surface area contributed by atoms with Crippen molar-refractivity contribution in [1.82, 2.24) is 9.88 Å². The first-order valence-corrected chi connectivity index (χ1v) is 9.39. The monoisotopic (exact) mass is 389 g/mol. The SMILES string of the molecule is Cl.NCc1nc(C(=O)N2CCSCC2c2ccc(Cl)cc2)cs1. The van der Waals surface area contributed by atoms with Gasteiger partial charge in [0.25, 0.3) is 5.91 Å². The van der Waals surface area contributed by atoms with Crippen molar-refractivity contribution in [1.29, 1.82) is 0 Å². The molecule has 0 bridgehead atoms. The Morgan fingerprint density at radius 1 is 1.39 bits per heavy atom. The van der Waals surface area contributed by atoms with E-state index >= 15 is 0 Å². The molecular formula is C15H17Cl2N3OS2. The van der Waals surface area contributed by atoms with Crippen LogP contribution in [0, 0.1) is 0 Å². The van der Waals surface area contributed by atoms with Gasteiger partial charge in [-0.05, 0) is 17.7 Å². The summed E-state index contributed by atoms with van der Waals surface area (Å²) in [5, 5.41) is 3.29. The lowest BCUT2D eigenvalue weighted by Crippen LogP contribution is -2.40. The summed E-state index contributed by atoms with van der Waals surface area (Å²) in [5.74, 6) is 1.82.